The maximum atomic E-state index is 15.6. The number of hydrogen-bond donors (Lipinski definition) is 2. The highest BCUT2D eigenvalue weighted by Gasteiger charge is 2.41. The van der Waals surface area contributed by atoms with Crippen molar-refractivity contribution < 1.29 is 33.0 Å². The van der Waals surface area contributed by atoms with Crippen LogP contribution in [0, 0.1) is 5.82 Å². The van der Waals surface area contributed by atoms with Crippen LogP contribution < -0.4 is 14.8 Å². The Morgan fingerprint density at radius 3 is 2.03 bits per heavy atom. The Kier molecular flexibility index (Phi) is 8.81. The Balaban J connectivity index is 1.46. The lowest BCUT2D eigenvalue weighted by Gasteiger charge is -2.35. The fourth-order valence-corrected chi connectivity index (χ4v) is 4.67. The number of nitrogens with zero attached hydrogens (tertiary/aromatic N) is 1. The average Bonchev–Trinajstić information content (AvgIpc) is 2.91. The number of alkyl halides is 1. The summed E-state index contributed by atoms with van der Waals surface area (Å²) in [6.07, 6.45) is 0.0483. The summed E-state index contributed by atoms with van der Waals surface area (Å²) in [5.41, 5.74) is 0.846. The van der Waals surface area contributed by atoms with E-state index in [0.717, 1.165) is 16.7 Å². The van der Waals surface area contributed by atoms with Gasteiger partial charge in [0.1, 0.15) is 17.3 Å². The van der Waals surface area contributed by atoms with E-state index >= 15 is 4.39 Å². The summed E-state index contributed by atoms with van der Waals surface area (Å²) in [5.74, 6) is -0.893. The molecule has 39 heavy (non-hydrogen) atoms. The Bertz CT molecular complexity index is 1280. The van der Waals surface area contributed by atoms with Gasteiger partial charge in [-0.05, 0) is 73.5 Å². The lowest BCUT2D eigenvalue weighted by atomic mass is 9.91. The van der Waals surface area contributed by atoms with Crippen molar-refractivity contribution in [3.63, 3.8) is 0 Å². The number of anilines is 1. The highest BCUT2D eigenvalue weighted by Crippen LogP contribution is 2.41. The molecule has 0 atom stereocenters. The third kappa shape index (κ3) is 6.72. The molecule has 1 fully saturated rings. The summed E-state index contributed by atoms with van der Waals surface area (Å²) in [6.45, 7) is 5.90. The molecule has 9 heteroatoms. The fourth-order valence-electron chi connectivity index (χ4n) is 4.67. The van der Waals surface area contributed by atoms with E-state index in [1.807, 2.05) is 26.0 Å². The van der Waals surface area contributed by atoms with Crippen LogP contribution in [0.1, 0.15) is 42.6 Å². The van der Waals surface area contributed by atoms with Crippen LogP contribution in [-0.2, 0) is 11.3 Å². The number of piperidine rings is 1. The first-order valence-corrected chi connectivity index (χ1v) is 13.0. The number of amides is 1. The smallest absolute Gasteiger partial charge is 0.335 e. The standard InChI is InChI=1S/C30H32F2N2O5/c1-3-38-25-17-20(18-26(39-4-2)27(25)21-5-9-23(31)10-6-21)19-34-15-13-30(32,14-16-34)29(37)33-24-11-7-22(8-12-24)28(35)36/h5-12,17-18H,3-4,13-16,19H2,1-2H3,(H,33,37)(H,35,36). The summed E-state index contributed by atoms with van der Waals surface area (Å²) in [4.78, 5) is 25.8. The summed E-state index contributed by atoms with van der Waals surface area (Å²) in [7, 11) is 0. The number of benzene rings is 3. The monoisotopic (exact) mass is 538 g/mol. The number of hydrogen-bond acceptors (Lipinski definition) is 5. The van der Waals surface area contributed by atoms with Gasteiger partial charge in [0.05, 0.1) is 24.3 Å². The van der Waals surface area contributed by atoms with E-state index in [0.29, 0.717) is 50.0 Å². The molecule has 2 N–H and O–H groups in total. The number of carboxylic acids is 1. The predicted octanol–water partition coefficient (Wildman–Crippen LogP) is 5.93. The molecule has 0 spiro atoms. The average molecular weight is 539 g/mol. The van der Waals surface area contributed by atoms with Gasteiger partial charge in [-0.2, -0.15) is 0 Å². The van der Waals surface area contributed by atoms with Crippen molar-refractivity contribution in [1.29, 1.82) is 0 Å². The second kappa shape index (κ2) is 12.3. The van der Waals surface area contributed by atoms with Crippen molar-refractivity contribution in [3.05, 3.63) is 77.6 Å². The van der Waals surface area contributed by atoms with Crippen LogP contribution in [0.15, 0.2) is 60.7 Å². The second-order valence-corrected chi connectivity index (χ2v) is 9.42. The first kappa shape index (κ1) is 28.0. The minimum atomic E-state index is -2.03. The number of halogens is 2. The number of carboxylic acid groups (broad SMARTS) is 1. The number of likely N-dealkylation sites (tertiary alicyclic amines) is 1. The topological polar surface area (TPSA) is 88.1 Å². The summed E-state index contributed by atoms with van der Waals surface area (Å²) < 4.78 is 41.0. The molecular weight excluding hydrogens is 506 g/mol. The maximum absolute atomic E-state index is 15.6. The number of aromatic carboxylic acids is 1. The van der Waals surface area contributed by atoms with Gasteiger partial charge < -0.3 is 19.9 Å². The molecule has 0 saturated carbocycles. The van der Waals surface area contributed by atoms with Gasteiger partial charge in [-0.25, -0.2) is 13.6 Å². The third-order valence-corrected chi connectivity index (χ3v) is 6.71. The van der Waals surface area contributed by atoms with Gasteiger partial charge >= 0.3 is 5.97 Å². The molecule has 206 valence electrons. The lowest BCUT2D eigenvalue weighted by molar-refractivity contribution is -0.130. The molecule has 1 aliphatic heterocycles. The Morgan fingerprint density at radius 1 is 0.949 bits per heavy atom. The van der Waals surface area contributed by atoms with Gasteiger partial charge in [0.25, 0.3) is 5.91 Å². The van der Waals surface area contributed by atoms with E-state index in [1.165, 1.54) is 36.4 Å². The Labute approximate surface area is 226 Å². The first-order valence-electron chi connectivity index (χ1n) is 13.0. The van der Waals surface area contributed by atoms with E-state index in [9.17, 15) is 14.0 Å². The van der Waals surface area contributed by atoms with E-state index in [4.69, 9.17) is 14.6 Å². The van der Waals surface area contributed by atoms with Gasteiger partial charge in [-0.3, -0.25) is 9.69 Å². The molecule has 1 amide bonds. The van der Waals surface area contributed by atoms with E-state index in [2.05, 4.69) is 10.2 Å². The molecule has 1 saturated heterocycles. The molecule has 0 bridgehead atoms. The number of carbonyl (C=O) groups is 2. The van der Waals surface area contributed by atoms with Crippen molar-refractivity contribution in [3.8, 4) is 22.6 Å². The molecule has 7 nitrogen and oxygen atoms in total. The van der Waals surface area contributed by atoms with Crippen molar-refractivity contribution in [1.82, 2.24) is 4.90 Å². The molecule has 3 aromatic carbocycles. The van der Waals surface area contributed by atoms with Gasteiger partial charge in [-0.15, -0.1) is 0 Å². The van der Waals surface area contributed by atoms with Crippen molar-refractivity contribution in [2.75, 3.05) is 31.6 Å². The van der Waals surface area contributed by atoms with E-state index < -0.39 is 17.5 Å². The first-order chi connectivity index (χ1) is 18.7. The Hall–Kier alpha value is -3.98. The van der Waals surface area contributed by atoms with Crippen LogP contribution in [0.4, 0.5) is 14.5 Å². The van der Waals surface area contributed by atoms with Crippen molar-refractivity contribution in [2.24, 2.45) is 0 Å². The molecule has 1 heterocycles. The number of carbonyl (C=O) groups excluding carboxylic acids is 1. The van der Waals surface area contributed by atoms with Gasteiger partial charge in [0.2, 0.25) is 0 Å². The minimum Gasteiger partial charge on any atom is -0.493 e. The fraction of sp³-hybridized carbons (Fsp3) is 0.333. The largest absolute Gasteiger partial charge is 0.493 e. The Morgan fingerprint density at radius 2 is 1.51 bits per heavy atom. The van der Waals surface area contributed by atoms with Crippen LogP contribution in [-0.4, -0.2) is 53.9 Å². The molecule has 0 aromatic heterocycles. The number of nitrogens with one attached hydrogen (secondary N) is 1. The van der Waals surface area contributed by atoms with Gasteiger partial charge in [0, 0.05) is 38.2 Å². The zero-order chi connectivity index (χ0) is 28.0. The predicted molar refractivity (Wildman–Crippen MR) is 145 cm³/mol. The van der Waals surface area contributed by atoms with E-state index in [1.54, 1.807) is 12.1 Å². The van der Waals surface area contributed by atoms with Crippen LogP contribution in [0.3, 0.4) is 0 Å². The van der Waals surface area contributed by atoms with Crippen LogP contribution in [0.25, 0.3) is 11.1 Å². The van der Waals surface area contributed by atoms with Crippen LogP contribution in [0.2, 0.25) is 0 Å². The highest BCUT2D eigenvalue weighted by atomic mass is 19.1. The number of rotatable bonds is 10. The highest BCUT2D eigenvalue weighted by molar-refractivity contribution is 5.98. The number of ether oxygens (including phenoxy) is 2. The zero-order valence-electron chi connectivity index (χ0n) is 22.0. The molecule has 1 aliphatic rings. The molecular formula is C30H32F2N2O5. The minimum absolute atomic E-state index is 0.0241. The van der Waals surface area contributed by atoms with Crippen molar-refractivity contribution in [2.45, 2.75) is 38.9 Å². The SMILES string of the molecule is CCOc1cc(CN2CCC(F)(C(=O)Nc3ccc(C(=O)O)cc3)CC2)cc(OCC)c1-c1ccc(F)cc1. The summed E-state index contributed by atoms with van der Waals surface area (Å²) in [5, 5.41) is 11.6. The third-order valence-electron chi connectivity index (χ3n) is 6.71. The van der Waals surface area contributed by atoms with Crippen LogP contribution >= 0.6 is 0 Å². The lowest BCUT2D eigenvalue weighted by Crippen LogP contribution is -2.48. The summed E-state index contributed by atoms with van der Waals surface area (Å²) in [6, 6.07) is 15.6. The summed E-state index contributed by atoms with van der Waals surface area (Å²) >= 11 is 0. The van der Waals surface area contributed by atoms with E-state index in [-0.39, 0.29) is 24.2 Å². The quantitative estimate of drug-likeness (QED) is 0.333. The van der Waals surface area contributed by atoms with Crippen molar-refractivity contribution >= 4 is 17.6 Å². The van der Waals surface area contributed by atoms with Gasteiger partial charge in [-0.1, -0.05) is 12.1 Å². The van der Waals surface area contributed by atoms with Gasteiger partial charge in [0.15, 0.2) is 5.67 Å². The molecule has 0 aliphatic carbocycles. The van der Waals surface area contributed by atoms with Crippen LogP contribution in [0.5, 0.6) is 11.5 Å². The normalized spacial score (nSPS) is 15.0. The molecule has 0 unspecified atom stereocenters. The molecule has 3 aromatic rings. The molecule has 4 rings (SSSR count). The zero-order valence-corrected chi connectivity index (χ0v) is 22.0. The molecule has 0 radical (unpaired) electrons. The maximum Gasteiger partial charge on any atom is 0.335 e. The second-order valence-electron chi connectivity index (χ2n) is 9.42.